The van der Waals surface area contributed by atoms with Gasteiger partial charge in [-0.05, 0) is 50.1 Å². The van der Waals surface area contributed by atoms with E-state index in [1.807, 2.05) is 26.1 Å². The van der Waals surface area contributed by atoms with Crippen molar-refractivity contribution in [2.45, 2.75) is 34.1 Å². The number of halogens is 1. The van der Waals surface area contributed by atoms with Crippen molar-refractivity contribution < 1.29 is 9.18 Å². The maximum atomic E-state index is 13.6. The first-order valence-corrected chi connectivity index (χ1v) is 9.52. The van der Waals surface area contributed by atoms with Crippen LogP contribution in [0.15, 0.2) is 35.5 Å². The molecule has 0 fully saturated rings. The lowest BCUT2D eigenvalue weighted by Crippen LogP contribution is -2.39. The lowest BCUT2D eigenvalue weighted by atomic mass is 10.1. The number of aromatic nitrogens is 3. The second-order valence-electron chi connectivity index (χ2n) is 7.23. The number of guanidine groups is 1. The van der Waals surface area contributed by atoms with Crippen LogP contribution in [-0.4, -0.2) is 33.4 Å². The van der Waals surface area contributed by atoms with Gasteiger partial charge >= 0.3 is 0 Å². The molecule has 1 aromatic carbocycles. The van der Waals surface area contributed by atoms with E-state index in [9.17, 15) is 9.18 Å². The van der Waals surface area contributed by atoms with Gasteiger partial charge in [-0.3, -0.25) is 20.4 Å². The second-order valence-corrected chi connectivity index (χ2v) is 7.23. The average molecular weight is 396 g/mol. The van der Waals surface area contributed by atoms with E-state index in [2.05, 4.69) is 30.6 Å². The first kappa shape index (κ1) is 20.4. The molecule has 0 aliphatic heterocycles. The lowest BCUT2D eigenvalue weighted by Gasteiger charge is -2.13. The van der Waals surface area contributed by atoms with Crippen LogP contribution in [0, 0.1) is 25.6 Å². The summed E-state index contributed by atoms with van der Waals surface area (Å²) in [5.74, 6) is 0.0353. The van der Waals surface area contributed by atoms with Crippen LogP contribution in [0.2, 0.25) is 0 Å². The predicted molar refractivity (Wildman–Crippen MR) is 112 cm³/mol. The van der Waals surface area contributed by atoms with Crippen molar-refractivity contribution in [3.05, 3.63) is 53.2 Å². The molecule has 0 aliphatic carbocycles. The predicted octanol–water partition coefficient (Wildman–Crippen LogP) is 3.50. The van der Waals surface area contributed by atoms with Crippen LogP contribution in [-0.2, 0) is 11.2 Å². The first-order chi connectivity index (χ1) is 13.8. The van der Waals surface area contributed by atoms with Crippen molar-refractivity contribution in [1.29, 1.82) is 0 Å². The Kier molecular flexibility index (Phi) is 6.21. The number of anilines is 1. The van der Waals surface area contributed by atoms with E-state index in [1.165, 1.54) is 12.1 Å². The van der Waals surface area contributed by atoms with Gasteiger partial charge in [-0.2, -0.15) is 0 Å². The van der Waals surface area contributed by atoms with Crippen molar-refractivity contribution in [2.24, 2.45) is 10.9 Å². The Bertz CT molecular complexity index is 1040. The number of nitrogens with zero attached hydrogens (tertiary/aromatic N) is 3. The number of nitrogens with one attached hydrogen (secondary N) is 3. The fourth-order valence-electron chi connectivity index (χ4n) is 2.90. The number of amides is 1. The van der Waals surface area contributed by atoms with E-state index in [1.54, 1.807) is 19.9 Å². The zero-order valence-electron chi connectivity index (χ0n) is 17.0. The van der Waals surface area contributed by atoms with Gasteiger partial charge in [0, 0.05) is 41.0 Å². The smallest absolute Gasteiger partial charge is 0.229 e. The minimum atomic E-state index is -0.277. The number of carbonyl (C=O) groups is 1. The van der Waals surface area contributed by atoms with Crippen LogP contribution >= 0.6 is 0 Å². The highest BCUT2D eigenvalue weighted by Crippen LogP contribution is 2.19. The van der Waals surface area contributed by atoms with Gasteiger partial charge in [-0.25, -0.2) is 14.4 Å². The molecule has 3 N–H and O–H groups in total. The number of hydrogen-bond acceptors (Lipinski definition) is 4. The molecule has 29 heavy (non-hydrogen) atoms. The van der Waals surface area contributed by atoms with Gasteiger partial charge in [0.25, 0.3) is 0 Å². The van der Waals surface area contributed by atoms with Gasteiger partial charge in [0.15, 0.2) is 0 Å². The number of rotatable bonds is 5. The highest BCUT2D eigenvalue weighted by Gasteiger charge is 2.12. The molecular weight excluding hydrogens is 371 g/mol. The molecule has 152 valence electrons. The van der Waals surface area contributed by atoms with Crippen LogP contribution < -0.4 is 10.6 Å². The zero-order valence-corrected chi connectivity index (χ0v) is 17.0. The molecule has 0 aliphatic rings. The quantitative estimate of drug-likeness (QED) is 0.454. The maximum absolute atomic E-state index is 13.6. The van der Waals surface area contributed by atoms with E-state index in [-0.39, 0.29) is 17.6 Å². The fraction of sp³-hybridized carbons (Fsp3) is 0.333. The fourth-order valence-corrected chi connectivity index (χ4v) is 2.90. The third kappa shape index (κ3) is 5.37. The van der Waals surface area contributed by atoms with E-state index >= 15 is 0 Å². The number of carbonyl (C=O) groups excluding carboxylic acids is 1. The molecule has 0 saturated heterocycles. The largest absolute Gasteiger partial charge is 0.361 e. The van der Waals surface area contributed by atoms with Gasteiger partial charge in [0.2, 0.25) is 17.8 Å². The Labute approximate surface area is 168 Å². The Hall–Kier alpha value is -3.29. The topological polar surface area (TPSA) is 95.1 Å². The lowest BCUT2D eigenvalue weighted by molar-refractivity contribution is -0.122. The SMILES string of the molecule is Cc1cc(C)nc(NC(=NCCc2c[nH]c3ccc(F)cc23)NC(=O)C(C)C)n1. The molecule has 2 heterocycles. The summed E-state index contributed by atoms with van der Waals surface area (Å²) in [5.41, 5.74) is 3.46. The highest BCUT2D eigenvalue weighted by molar-refractivity contribution is 6.03. The summed E-state index contributed by atoms with van der Waals surface area (Å²) in [6.45, 7) is 7.76. The summed E-state index contributed by atoms with van der Waals surface area (Å²) >= 11 is 0. The maximum Gasteiger partial charge on any atom is 0.229 e. The van der Waals surface area contributed by atoms with Crippen molar-refractivity contribution in [3.8, 4) is 0 Å². The number of fused-ring (bicyclic) bond motifs is 1. The van der Waals surface area contributed by atoms with Crippen molar-refractivity contribution >= 4 is 28.7 Å². The monoisotopic (exact) mass is 396 g/mol. The molecule has 1 amide bonds. The summed E-state index contributed by atoms with van der Waals surface area (Å²) in [6.07, 6.45) is 2.44. The van der Waals surface area contributed by atoms with E-state index in [0.29, 0.717) is 24.9 Å². The van der Waals surface area contributed by atoms with E-state index in [0.717, 1.165) is 27.9 Å². The second kappa shape index (κ2) is 8.81. The Morgan fingerprint density at radius 2 is 1.93 bits per heavy atom. The van der Waals surface area contributed by atoms with Gasteiger partial charge < -0.3 is 4.98 Å². The third-order valence-corrected chi connectivity index (χ3v) is 4.36. The van der Waals surface area contributed by atoms with Crippen LogP contribution in [0.3, 0.4) is 0 Å². The molecule has 0 radical (unpaired) electrons. The molecule has 0 spiro atoms. The summed E-state index contributed by atoms with van der Waals surface area (Å²) in [4.78, 5) is 28.5. The van der Waals surface area contributed by atoms with Crippen LogP contribution in [0.5, 0.6) is 0 Å². The molecule has 0 bridgehead atoms. The molecule has 2 aromatic heterocycles. The number of hydrogen-bond donors (Lipinski definition) is 3. The number of H-pyrrole nitrogens is 1. The molecule has 0 unspecified atom stereocenters. The first-order valence-electron chi connectivity index (χ1n) is 9.52. The summed E-state index contributed by atoms with van der Waals surface area (Å²) in [6, 6.07) is 6.51. The van der Waals surface area contributed by atoms with Crippen molar-refractivity contribution in [2.75, 3.05) is 11.9 Å². The molecule has 3 aromatic rings. The summed E-state index contributed by atoms with van der Waals surface area (Å²) in [7, 11) is 0. The van der Waals surface area contributed by atoms with Crippen LogP contribution in [0.4, 0.5) is 10.3 Å². The Morgan fingerprint density at radius 1 is 1.21 bits per heavy atom. The zero-order chi connectivity index (χ0) is 21.0. The highest BCUT2D eigenvalue weighted by atomic mass is 19.1. The third-order valence-electron chi connectivity index (χ3n) is 4.36. The van der Waals surface area contributed by atoms with Crippen molar-refractivity contribution in [3.63, 3.8) is 0 Å². The number of aliphatic imine (C=N–C) groups is 1. The van der Waals surface area contributed by atoms with Gasteiger partial charge in [-0.15, -0.1) is 0 Å². The number of benzene rings is 1. The van der Waals surface area contributed by atoms with E-state index in [4.69, 9.17) is 0 Å². The molecule has 0 saturated carbocycles. The van der Waals surface area contributed by atoms with Gasteiger partial charge in [0.05, 0.1) is 0 Å². The van der Waals surface area contributed by atoms with Gasteiger partial charge in [0.1, 0.15) is 5.82 Å². The molecule has 7 nitrogen and oxygen atoms in total. The van der Waals surface area contributed by atoms with Crippen LogP contribution in [0.25, 0.3) is 10.9 Å². The summed E-state index contributed by atoms with van der Waals surface area (Å²) < 4.78 is 13.6. The number of aryl methyl sites for hydroxylation is 2. The molecule has 3 rings (SSSR count). The molecular formula is C21H25FN6O. The average Bonchev–Trinajstić information content (AvgIpc) is 3.02. The van der Waals surface area contributed by atoms with Crippen molar-refractivity contribution in [1.82, 2.24) is 20.3 Å². The minimum Gasteiger partial charge on any atom is -0.361 e. The van der Waals surface area contributed by atoms with E-state index < -0.39 is 0 Å². The molecule has 8 heteroatoms. The van der Waals surface area contributed by atoms with Gasteiger partial charge in [-0.1, -0.05) is 13.8 Å². The Balaban J connectivity index is 1.77. The standard InChI is InChI=1S/C21H25FN6O/c1-12(2)19(29)27-20(28-21-25-13(3)9-14(4)26-21)23-8-7-15-11-24-18-6-5-16(22)10-17(15)18/h5-6,9-12,24H,7-8H2,1-4H3,(H2,23,25,26,27,28,29). The minimum absolute atomic E-state index is 0.158. The normalized spacial score (nSPS) is 11.9. The Morgan fingerprint density at radius 3 is 2.62 bits per heavy atom. The molecule has 0 atom stereocenters. The van der Waals surface area contributed by atoms with Crippen LogP contribution in [0.1, 0.15) is 30.8 Å². The summed E-state index contributed by atoms with van der Waals surface area (Å²) in [5, 5.41) is 6.62. The number of aromatic amines is 1.